The number of aliphatic hydroxyl groups is 1. The normalized spacial score (nSPS) is 12.4. The number of fused-ring (bicyclic) bond motifs is 1. The highest BCUT2D eigenvalue weighted by Crippen LogP contribution is 2.22. The van der Waals surface area contributed by atoms with Crippen LogP contribution in [-0.4, -0.2) is 39.6 Å². The van der Waals surface area contributed by atoms with Gasteiger partial charge in [-0.3, -0.25) is 14.0 Å². The number of unbranched alkanes of at least 4 members (excludes halogenated alkanes) is 2. The van der Waals surface area contributed by atoms with Gasteiger partial charge in [-0.05, 0) is 30.5 Å². The molecule has 2 N–H and O–H groups in total. The Balaban J connectivity index is 1.78. The lowest BCUT2D eigenvalue weighted by molar-refractivity contribution is -0.145. The number of hydrogen-bond acceptors (Lipinski definition) is 6. The molecule has 194 valence electrons. The zero-order chi connectivity index (χ0) is 26.0. The molecule has 0 aliphatic heterocycles. The Hall–Kier alpha value is -3.23. The predicted molar refractivity (Wildman–Crippen MR) is 137 cm³/mol. The third-order valence-electron chi connectivity index (χ3n) is 5.77. The van der Waals surface area contributed by atoms with Gasteiger partial charge in [-0.2, -0.15) is 0 Å². The maximum atomic E-state index is 12.9. The quantitative estimate of drug-likeness (QED) is 0.270. The number of carbonyl (C=O) groups excluding carboxylic acids is 2. The van der Waals surface area contributed by atoms with E-state index in [0.717, 1.165) is 23.2 Å². The highest BCUT2D eigenvalue weighted by Gasteiger charge is 2.27. The molecule has 2 aromatic heterocycles. The van der Waals surface area contributed by atoms with Crippen LogP contribution in [-0.2, 0) is 32.3 Å². The summed E-state index contributed by atoms with van der Waals surface area (Å²) in [6.45, 7) is 6.44. The van der Waals surface area contributed by atoms with Gasteiger partial charge >= 0.3 is 5.97 Å². The van der Waals surface area contributed by atoms with E-state index >= 15 is 0 Å². The second-order valence-corrected chi connectivity index (χ2v) is 9.87. The smallest absolute Gasteiger partial charge is 0.306 e. The summed E-state index contributed by atoms with van der Waals surface area (Å²) in [5.41, 5.74) is 2.04. The lowest BCUT2D eigenvalue weighted by Crippen LogP contribution is -2.40. The molecule has 3 rings (SSSR count). The van der Waals surface area contributed by atoms with E-state index in [9.17, 15) is 9.59 Å². The molecular weight excluding hydrogens is 458 g/mol. The number of nitrogens with zero attached hydrogens (tertiary/aromatic N) is 2. The minimum Gasteiger partial charge on any atom is -0.459 e. The Morgan fingerprint density at radius 2 is 1.81 bits per heavy atom. The number of nitrogens with one attached hydrogen (secondary N) is 1. The number of ether oxygens (including phenoxy) is 2. The van der Waals surface area contributed by atoms with Gasteiger partial charge in [0.25, 0.3) is 0 Å². The first-order valence-corrected chi connectivity index (χ1v) is 12.4. The fourth-order valence-corrected chi connectivity index (χ4v) is 3.71. The second-order valence-electron chi connectivity index (χ2n) is 9.87. The minimum absolute atomic E-state index is 0.0876. The molecule has 0 bridgehead atoms. The van der Waals surface area contributed by atoms with Crippen LogP contribution in [0.2, 0.25) is 0 Å². The summed E-state index contributed by atoms with van der Waals surface area (Å²) in [6.07, 6.45) is 4.19. The number of pyridine rings is 1. The van der Waals surface area contributed by atoms with E-state index < -0.39 is 11.5 Å². The van der Waals surface area contributed by atoms with Crippen molar-refractivity contribution in [3.05, 3.63) is 71.8 Å². The average molecular weight is 496 g/mol. The zero-order valence-electron chi connectivity index (χ0n) is 21.4. The number of carbonyl (C=O) groups is 2. The lowest BCUT2D eigenvalue weighted by Gasteiger charge is -2.24. The molecule has 3 aromatic rings. The standard InChI is InChI=1S/C28H37N3O5/c1-28(2,3)27(34)30-24(20-35-18-21-11-6-4-7-12-21)26-29-17-22-13-10-14-23(31(22)26)19-36-25(33)15-8-5-9-16-32/h4,6-7,10-14,17,24,32H,5,8-9,15-16,18-20H2,1-3H3,(H,30,34). The molecule has 2 heterocycles. The summed E-state index contributed by atoms with van der Waals surface area (Å²) in [5, 5.41) is 12.0. The molecule has 0 saturated carbocycles. The molecule has 1 aromatic carbocycles. The van der Waals surface area contributed by atoms with Crippen LogP contribution >= 0.6 is 0 Å². The van der Waals surface area contributed by atoms with Crippen molar-refractivity contribution in [3.8, 4) is 0 Å². The number of rotatable bonds is 13. The topological polar surface area (TPSA) is 102 Å². The molecule has 1 unspecified atom stereocenters. The number of imidazole rings is 1. The third-order valence-corrected chi connectivity index (χ3v) is 5.77. The Morgan fingerprint density at radius 3 is 2.53 bits per heavy atom. The molecule has 1 amide bonds. The molecule has 0 aliphatic carbocycles. The van der Waals surface area contributed by atoms with Crippen LogP contribution in [0.4, 0.5) is 0 Å². The first-order valence-electron chi connectivity index (χ1n) is 12.4. The molecule has 0 radical (unpaired) electrons. The van der Waals surface area contributed by atoms with E-state index in [2.05, 4.69) is 10.3 Å². The van der Waals surface area contributed by atoms with Gasteiger partial charge in [-0.25, -0.2) is 4.98 Å². The number of benzene rings is 1. The van der Waals surface area contributed by atoms with Crippen molar-refractivity contribution >= 4 is 17.4 Å². The van der Waals surface area contributed by atoms with Crippen molar-refractivity contribution < 1.29 is 24.2 Å². The molecule has 0 saturated heterocycles. The van der Waals surface area contributed by atoms with Crippen LogP contribution in [0, 0.1) is 5.41 Å². The van der Waals surface area contributed by atoms with Gasteiger partial charge in [0.15, 0.2) is 0 Å². The van der Waals surface area contributed by atoms with Gasteiger partial charge in [0, 0.05) is 18.4 Å². The highest BCUT2D eigenvalue weighted by atomic mass is 16.5. The summed E-state index contributed by atoms with van der Waals surface area (Å²) in [4.78, 5) is 29.7. The Morgan fingerprint density at radius 1 is 1.03 bits per heavy atom. The SMILES string of the molecule is CC(C)(C)C(=O)NC(COCc1ccccc1)c1ncc2cccc(COC(=O)CCCCCO)n12. The van der Waals surface area contributed by atoms with Crippen molar-refractivity contribution in [2.75, 3.05) is 13.2 Å². The van der Waals surface area contributed by atoms with Crippen LogP contribution in [0.5, 0.6) is 0 Å². The van der Waals surface area contributed by atoms with Crippen molar-refractivity contribution in [1.29, 1.82) is 0 Å². The van der Waals surface area contributed by atoms with E-state index in [0.29, 0.717) is 31.7 Å². The summed E-state index contributed by atoms with van der Waals surface area (Å²) >= 11 is 0. The number of aromatic nitrogens is 2. The van der Waals surface area contributed by atoms with Crippen LogP contribution in [0.1, 0.15) is 69.6 Å². The second kappa shape index (κ2) is 13.2. The van der Waals surface area contributed by atoms with Crippen molar-refractivity contribution in [2.24, 2.45) is 5.41 Å². The van der Waals surface area contributed by atoms with E-state index in [-0.39, 0.29) is 31.7 Å². The Kier molecular flexibility index (Phi) is 10.0. The van der Waals surface area contributed by atoms with Crippen molar-refractivity contribution in [3.63, 3.8) is 0 Å². The Bertz CT molecular complexity index is 1120. The van der Waals surface area contributed by atoms with Gasteiger partial charge in [0.1, 0.15) is 18.5 Å². The number of amides is 1. The fraction of sp³-hybridized carbons (Fsp3) is 0.464. The van der Waals surface area contributed by atoms with Crippen LogP contribution in [0.3, 0.4) is 0 Å². The Labute approximate surface area is 212 Å². The summed E-state index contributed by atoms with van der Waals surface area (Å²) in [5.74, 6) is 0.222. The van der Waals surface area contributed by atoms with Gasteiger partial charge < -0.3 is 19.9 Å². The molecule has 8 nitrogen and oxygen atoms in total. The molecular formula is C28H37N3O5. The average Bonchev–Trinajstić information content (AvgIpc) is 3.29. The zero-order valence-corrected chi connectivity index (χ0v) is 21.4. The summed E-state index contributed by atoms with van der Waals surface area (Å²) < 4.78 is 13.4. The molecule has 1 atom stereocenters. The van der Waals surface area contributed by atoms with Gasteiger partial charge in [0.05, 0.1) is 30.6 Å². The molecule has 0 fully saturated rings. The number of aliphatic hydroxyl groups excluding tert-OH is 1. The van der Waals surface area contributed by atoms with Crippen molar-refractivity contribution in [2.45, 2.75) is 65.7 Å². The number of esters is 1. The molecule has 0 spiro atoms. The highest BCUT2D eigenvalue weighted by molar-refractivity contribution is 5.81. The molecule has 8 heteroatoms. The van der Waals surface area contributed by atoms with Crippen LogP contribution < -0.4 is 5.32 Å². The minimum atomic E-state index is -0.584. The van der Waals surface area contributed by atoms with Gasteiger partial charge in [-0.15, -0.1) is 0 Å². The largest absolute Gasteiger partial charge is 0.459 e. The van der Waals surface area contributed by atoms with E-state index in [1.807, 2.05) is 73.7 Å². The monoisotopic (exact) mass is 495 g/mol. The van der Waals surface area contributed by atoms with Gasteiger partial charge in [0.2, 0.25) is 5.91 Å². The van der Waals surface area contributed by atoms with Crippen LogP contribution in [0.15, 0.2) is 54.7 Å². The van der Waals surface area contributed by atoms with E-state index in [1.165, 1.54) is 0 Å². The van der Waals surface area contributed by atoms with Crippen molar-refractivity contribution in [1.82, 2.24) is 14.7 Å². The van der Waals surface area contributed by atoms with E-state index in [4.69, 9.17) is 14.6 Å². The fourth-order valence-electron chi connectivity index (χ4n) is 3.71. The summed E-state index contributed by atoms with van der Waals surface area (Å²) in [7, 11) is 0. The number of hydrogen-bond donors (Lipinski definition) is 2. The van der Waals surface area contributed by atoms with E-state index in [1.54, 1.807) is 6.20 Å². The summed E-state index contributed by atoms with van der Waals surface area (Å²) in [6, 6.07) is 15.0. The van der Waals surface area contributed by atoms with Crippen LogP contribution in [0.25, 0.3) is 5.52 Å². The first kappa shape index (κ1) is 27.4. The first-order chi connectivity index (χ1) is 17.3. The lowest BCUT2D eigenvalue weighted by atomic mass is 9.95. The predicted octanol–water partition coefficient (Wildman–Crippen LogP) is 4.35. The molecule has 0 aliphatic rings. The maximum Gasteiger partial charge on any atom is 0.306 e. The third kappa shape index (κ3) is 7.90. The maximum absolute atomic E-state index is 12.9. The van der Waals surface area contributed by atoms with Gasteiger partial charge in [-0.1, -0.05) is 63.6 Å². The molecule has 36 heavy (non-hydrogen) atoms.